The van der Waals surface area contributed by atoms with Gasteiger partial charge in [0.15, 0.2) is 0 Å². The molecule has 5 nitrogen and oxygen atoms in total. The number of hydrogen-bond donors (Lipinski definition) is 1. The highest BCUT2D eigenvalue weighted by Gasteiger charge is 2.43. The molecule has 2 rings (SSSR count). The highest BCUT2D eigenvalue weighted by atomic mass is 16.5. The van der Waals surface area contributed by atoms with E-state index in [0.717, 1.165) is 44.0 Å². The summed E-state index contributed by atoms with van der Waals surface area (Å²) in [6.45, 7) is 7.10. The molecule has 5 heteroatoms. The highest BCUT2D eigenvalue weighted by Crippen LogP contribution is 2.39. The average molecular weight is 294 g/mol. The lowest BCUT2D eigenvalue weighted by Crippen LogP contribution is -2.50. The lowest BCUT2D eigenvalue weighted by Gasteiger charge is -2.43. The molecule has 0 aliphatic carbocycles. The molecular formula is C16H26N2O3. The van der Waals surface area contributed by atoms with Crippen molar-refractivity contribution in [2.75, 3.05) is 33.5 Å². The summed E-state index contributed by atoms with van der Waals surface area (Å²) >= 11 is 0. The zero-order chi connectivity index (χ0) is 15.1. The number of hydrogen-bond acceptors (Lipinski definition) is 5. The minimum atomic E-state index is -0.287. The van der Waals surface area contributed by atoms with Crippen molar-refractivity contribution in [2.45, 2.75) is 38.3 Å². The van der Waals surface area contributed by atoms with Gasteiger partial charge in [-0.15, -0.1) is 0 Å². The summed E-state index contributed by atoms with van der Waals surface area (Å²) in [6, 6.07) is 3.84. The minimum Gasteiger partial charge on any atom is -0.495 e. The Balaban J connectivity index is 2.39. The molecule has 1 aromatic rings. The third-order valence-corrected chi connectivity index (χ3v) is 4.00. The van der Waals surface area contributed by atoms with Gasteiger partial charge >= 0.3 is 0 Å². The summed E-state index contributed by atoms with van der Waals surface area (Å²) in [6.07, 6.45) is 3.53. The van der Waals surface area contributed by atoms with Crippen LogP contribution in [0.5, 0.6) is 5.75 Å². The van der Waals surface area contributed by atoms with E-state index in [0.29, 0.717) is 6.61 Å². The van der Waals surface area contributed by atoms with E-state index >= 15 is 0 Å². The van der Waals surface area contributed by atoms with Crippen LogP contribution < -0.4 is 10.1 Å². The van der Waals surface area contributed by atoms with E-state index in [1.807, 2.05) is 19.1 Å². The Morgan fingerprint density at radius 2 is 2.14 bits per heavy atom. The Morgan fingerprint density at radius 1 is 1.38 bits per heavy atom. The maximum atomic E-state index is 6.20. The van der Waals surface area contributed by atoms with Gasteiger partial charge in [-0.3, -0.25) is 4.98 Å². The monoisotopic (exact) mass is 294 g/mol. The van der Waals surface area contributed by atoms with Crippen LogP contribution in [0.3, 0.4) is 0 Å². The summed E-state index contributed by atoms with van der Waals surface area (Å²) in [5.74, 6) is 0.800. The second-order valence-electron chi connectivity index (χ2n) is 5.19. The molecule has 1 saturated heterocycles. The van der Waals surface area contributed by atoms with E-state index in [1.54, 1.807) is 13.3 Å². The van der Waals surface area contributed by atoms with Gasteiger partial charge < -0.3 is 19.5 Å². The maximum Gasteiger partial charge on any atom is 0.142 e. The van der Waals surface area contributed by atoms with Crippen LogP contribution in [0.1, 0.15) is 38.4 Å². The first-order valence-electron chi connectivity index (χ1n) is 7.71. The summed E-state index contributed by atoms with van der Waals surface area (Å²) in [5, 5.41) is 3.55. The van der Waals surface area contributed by atoms with Gasteiger partial charge in [-0.25, -0.2) is 0 Å². The molecule has 118 valence electrons. The molecule has 0 saturated carbocycles. The molecule has 1 unspecified atom stereocenters. The fourth-order valence-electron chi connectivity index (χ4n) is 3.05. The van der Waals surface area contributed by atoms with Crippen LogP contribution in [0.25, 0.3) is 0 Å². The molecule has 0 amide bonds. The first kappa shape index (κ1) is 16.2. The van der Waals surface area contributed by atoms with Crippen molar-refractivity contribution in [1.82, 2.24) is 10.3 Å². The Hall–Kier alpha value is -1.17. The van der Waals surface area contributed by atoms with E-state index in [2.05, 4.69) is 17.2 Å². The zero-order valence-electron chi connectivity index (χ0n) is 13.2. The molecule has 1 aromatic heterocycles. The number of nitrogens with zero attached hydrogens (tertiary/aromatic N) is 1. The molecule has 0 radical (unpaired) electrons. The van der Waals surface area contributed by atoms with Crippen molar-refractivity contribution in [3.05, 3.63) is 24.0 Å². The van der Waals surface area contributed by atoms with E-state index < -0.39 is 0 Å². The van der Waals surface area contributed by atoms with Crippen molar-refractivity contribution in [2.24, 2.45) is 0 Å². The van der Waals surface area contributed by atoms with E-state index in [4.69, 9.17) is 14.2 Å². The number of pyridine rings is 1. The summed E-state index contributed by atoms with van der Waals surface area (Å²) in [7, 11) is 1.68. The van der Waals surface area contributed by atoms with Gasteiger partial charge in [-0.1, -0.05) is 6.92 Å². The lowest BCUT2D eigenvalue weighted by atomic mass is 9.83. The average Bonchev–Trinajstić information content (AvgIpc) is 2.53. The Kier molecular flexibility index (Phi) is 5.96. The molecule has 0 spiro atoms. The fraction of sp³-hybridized carbons (Fsp3) is 0.688. The van der Waals surface area contributed by atoms with Crippen molar-refractivity contribution in [1.29, 1.82) is 0 Å². The SMILES string of the molecule is CCNC(c1ncccc1OC)C1(OCC)CCOCC1. The number of ether oxygens (including phenoxy) is 3. The van der Waals surface area contributed by atoms with E-state index in [1.165, 1.54) is 0 Å². The van der Waals surface area contributed by atoms with Crippen LogP contribution in [-0.4, -0.2) is 44.1 Å². The van der Waals surface area contributed by atoms with Crippen LogP contribution in [0, 0.1) is 0 Å². The summed E-state index contributed by atoms with van der Waals surface area (Å²) < 4.78 is 17.2. The highest BCUT2D eigenvalue weighted by molar-refractivity contribution is 5.31. The van der Waals surface area contributed by atoms with Crippen LogP contribution in [0.15, 0.2) is 18.3 Å². The molecule has 0 bridgehead atoms. The Labute approximate surface area is 127 Å². The van der Waals surface area contributed by atoms with E-state index in [9.17, 15) is 0 Å². The first-order chi connectivity index (χ1) is 10.3. The quantitative estimate of drug-likeness (QED) is 0.836. The number of rotatable bonds is 7. The van der Waals surface area contributed by atoms with Crippen molar-refractivity contribution < 1.29 is 14.2 Å². The predicted octanol–water partition coefficient (Wildman–Crippen LogP) is 2.33. The second-order valence-corrected chi connectivity index (χ2v) is 5.19. The molecule has 1 fully saturated rings. The molecule has 1 N–H and O–H groups in total. The fourth-order valence-corrected chi connectivity index (χ4v) is 3.05. The standard InChI is InChI=1S/C16H26N2O3/c1-4-17-15(14-13(19-3)7-6-10-18-14)16(21-5-2)8-11-20-12-9-16/h6-7,10,15,17H,4-5,8-9,11-12H2,1-3H3. The van der Waals surface area contributed by atoms with Crippen molar-refractivity contribution in [3.8, 4) is 5.75 Å². The molecular weight excluding hydrogens is 268 g/mol. The van der Waals surface area contributed by atoms with Crippen LogP contribution >= 0.6 is 0 Å². The maximum absolute atomic E-state index is 6.20. The first-order valence-corrected chi connectivity index (χ1v) is 7.71. The summed E-state index contributed by atoms with van der Waals surface area (Å²) in [4.78, 5) is 4.56. The van der Waals surface area contributed by atoms with Gasteiger partial charge in [0.2, 0.25) is 0 Å². The molecule has 21 heavy (non-hydrogen) atoms. The Morgan fingerprint density at radius 3 is 2.76 bits per heavy atom. The topological polar surface area (TPSA) is 52.6 Å². The Bertz CT molecular complexity index is 428. The lowest BCUT2D eigenvalue weighted by molar-refractivity contribution is -0.128. The van der Waals surface area contributed by atoms with Crippen molar-refractivity contribution in [3.63, 3.8) is 0 Å². The smallest absolute Gasteiger partial charge is 0.142 e. The van der Waals surface area contributed by atoms with Crippen LogP contribution in [0.2, 0.25) is 0 Å². The van der Waals surface area contributed by atoms with Gasteiger partial charge in [0, 0.05) is 38.9 Å². The number of nitrogens with one attached hydrogen (secondary N) is 1. The minimum absolute atomic E-state index is 0.00231. The van der Waals surface area contributed by atoms with Gasteiger partial charge in [0.05, 0.1) is 18.8 Å². The van der Waals surface area contributed by atoms with E-state index in [-0.39, 0.29) is 11.6 Å². The van der Waals surface area contributed by atoms with Crippen molar-refractivity contribution >= 4 is 0 Å². The third-order valence-electron chi connectivity index (χ3n) is 4.00. The molecule has 1 aliphatic rings. The number of likely N-dealkylation sites (N-methyl/N-ethyl adjacent to an activating group) is 1. The molecule has 1 atom stereocenters. The second kappa shape index (κ2) is 7.73. The van der Waals surface area contributed by atoms with Crippen LogP contribution in [-0.2, 0) is 9.47 Å². The van der Waals surface area contributed by atoms with Crippen LogP contribution in [0.4, 0.5) is 0 Å². The number of methoxy groups -OCH3 is 1. The molecule has 0 aromatic carbocycles. The zero-order valence-corrected chi connectivity index (χ0v) is 13.2. The van der Waals surface area contributed by atoms with Gasteiger partial charge in [0.25, 0.3) is 0 Å². The number of aromatic nitrogens is 1. The normalized spacial score (nSPS) is 19.2. The largest absolute Gasteiger partial charge is 0.495 e. The van der Waals surface area contributed by atoms with Gasteiger partial charge in [0.1, 0.15) is 11.4 Å². The summed E-state index contributed by atoms with van der Waals surface area (Å²) in [5.41, 5.74) is 0.627. The van der Waals surface area contributed by atoms with Gasteiger partial charge in [-0.2, -0.15) is 0 Å². The molecule has 1 aliphatic heterocycles. The third kappa shape index (κ3) is 3.54. The molecule has 2 heterocycles. The predicted molar refractivity (Wildman–Crippen MR) is 81.6 cm³/mol. The van der Waals surface area contributed by atoms with Gasteiger partial charge in [-0.05, 0) is 25.6 Å².